The van der Waals surface area contributed by atoms with Crippen molar-refractivity contribution in [2.45, 2.75) is 25.4 Å². The molecule has 32 heavy (non-hydrogen) atoms. The molecule has 1 aromatic carbocycles. The van der Waals surface area contributed by atoms with Crippen LogP contribution < -0.4 is 0 Å². The van der Waals surface area contributed by atoms with Crippen LogP contribution in [0.2, 0.25) is 0 Å². The molecule has 8 nitrogen and oxygen atoms in total. The first kappa shape index (κ1) is 21.8. The van der Waals surface area contributed by atoms with Gasteiger partial charge in [0.05, 0.1) is 12.5 Å². The van der Waals surface area contributed by atoms with Crippen LogP contribution >= 0.6 is 0 Å². The predicted molar refractivity (Wildman–Crippen MR) is 117 cm³/mol. The number of hydrogen-bond donors (Lipinski definition) is 0. The Hall–Kier alpha value is -3.44. The van der Waals surface area contributed by atoms with E-state index < -0.39 is 0 Å². The lowest BCUT2D eigenvalue weighted by atomic mass is 10.0. The second-order valence-electron chi connectivity index (χ2n) is 8.04. The van der Waals surface area contributed by atoms with Gasteiger partial charge in [-0.05, 0) is 23.6 Å². The number of nitriles is 1. The van der Waals surface area contributed by atoms with E-state index in [2.05, 4.69) is 22.0 Å². The van der Waals surface area contributed by atoms with Crippen molar-refractivity contribution in [2.75, 3.05) is 39.3 Å². The van der Waals surface area contributed by atoms with Gasteiger partial charge in [-0.2, -0.15) is 5.26 Å². The first-order chi connectivity index (χ1) is 15.7. The molecule has 8 heteroatoms. The normalized spacial score (nSPS) is 17.2. The minimum absolute atomic E-state index is 0.0312. The van der Waals surface area contributed by atoms with E-state index in [1.165, 1.54) is 5.56 Å². The Morgan fingerprint density at radius 1 is 1.03 bits per heavy atom. The van der Waals surface area contributed by atoms with E-state index in [1.54, 1.807) is 22.2 Å². The van der Waals surface area contributed by atoms with Gasteiger partial charge in [-0.1, -0.05) is 30.3 Å². The Balaban J connectivity index is 1.20. The maximum Gasteiger partial charge on any atom is 0.410 e. The van der Waals surface area contributed by atoms with Crippen LogP contribution in [0, 0.1) is 11.3 Å². The van der Waals surface area contributed by atoms with Crippen molar-refractivity contribution in [1.82, 2.24) is 19.7 Å². The van der Waals surface area contributed by atoms with E-state index in [0.29, 0.717) is 39.3 Å². The van der Waals surface area contributed by atoms with Crippen LogP contribution in [0.15, 0.2) is 48.8 Å². The average Bonchev–Trinajstić information content (AvgIpc) is 2.85. The molecule has 2 aromatic rings. The van der Waals surface area contributed by atoms with Crippen LogP contribution in [0.3, 0.4) is 0 Å². The fraction of sp³-hybridized carbons (Fsp3) is 0.417. The number of fused-ring (bicyclic) bond motifs is 1. The molecule has 0 radical (unpaired) electrons. The Kier molecular flexibility index (Phi) is 6.97. The molecule has 166 valence electrons. The first-order valence-corrected chi connectivity index (χ1v) is 11.0. The summed E-state index contributed by atoms with van der Waals surface area (Å²) in [4.78, 5) is 34.6. The molecule has 2 aliphatic heterocycles. The Morgan fingerprint density at radius 3 is 2.53 bits per heavy atom. The van der Waals surface area contributed by atoms with Gasteiger partial charge in [0.25, 0.3) is 0 Å². The van der Waals surface area contributed by atoms with Crippen molar-refractivity contribution in [2.24, 2.45) is 0 Å². The molecule has 0 bridgehead atoms. The van der Waals surface area contributed by atoms with Gasteiger partial charge in [-0.25, -0.2) is 4.79 Å². The Bertz CT molecular complexity index is 983. The number of carbonyl (C=O) groups is 2. The lowest BCUT2D eigenvalue weighted by Crippen LogP contribution is -2.49. The minimum atomic E-state index is -0.370. The second kappa shape index (κ2) is 10.2. The third-order valence-electron chi connectivity index (χ3n) is 6.08. The fourth-order valence-electron chi connectivity index (χ4n) is 4.26. The van der Waals surface area contributed by atoms with Gasteiger partial charge < -0.3 is 14.5 Å². The van der Waals surface area contributed by atoms with Gasteiger partial charge in [0.2, 0.25) is 5.91 Å². The van der Waals surface area contributed by atoms with Crippen LogP contribution in [0.25, 0.3) is 0 Å². The zero-order valence-corrected chi connectivity index (χ0v) is 18.0. The number of aromatic nitrogens is 1. The second-order valence-corrected chi connectivity index (χ2v) is 8.04. The van der Waals surface area contributed by atoms with Crippen molar-refractivity contribution in [1.29, 1.82) is 5.26 Å². The summed E-state index contributed by atoms with van der Waals surface area (Å²) in [5, 5.41) is 9.58. The monoisotopic (exact) mass is 433 g/mol. The van der Waals surface area contributed by atoms with Crippen LogP contribution in [-0.4, -0.2) is 71.0 Å². The highest BCUT2D eigenvalue weighted by Gasteiger charge is 2.27. The number of hydrogen-bond acceptors (Lipinski definition) is 6. The molecule has 0 saturated carbocycles. The molecule has 1 unspecified atom stereocenters. The topological polar surface area (TPSA) is 89.8 Å². The number of nitrogens with zero attached hydrogens (tertiary/aromatic N) is 5. The lowest BCUT2D eigenvalue weighted by Gasteiger charge is -2.37. The highest BCUT2D eigenvalue weighted by Crippen LogP contribution is 2.21. The van der Waals surface area contributed by atoms with Gasteiger partial charge in [-0.15, -0.1) is 0 Å². The van der Waals surface area contributed by atoms with E-state index in [0.717, 1.165) is 17.5 Å². The summed E-state index contributed by atoms with van der Waals surface area (Å²) >= 11 is 0. The summed E-state index contributed by atoms with van der Waals surface area (Å²) in [5.41, 5.74) is 3.28. The Morgan fingerprint density at radius 2 is 1.81 bits per heavy atom. The minimum Gasteiger partial charge on any atom is -0.449 e. The molecule has 1 atom stereocenters. The zero-order chi connectivity index (χ0) is 22.3. The molecular formula is C24H27N5O3. The van der Waals surface area contributed by atoms with Crippen molar-refractivity contribution < 1.29 is 14.3 Å². The van der Waals surface area contributed by atoms with E-state index >= 15 is 0 Å². The van der Waals surface area contributed by atoms with Crippen molar-refractivity contribution >= 4 is 12.0 Å². The quantitative estimate of drug-likeness (QED) is 0.719. The summed E-state index contributed by atoms with van der Waals surface area (Å²) in [6, 6.07) is 13.8. The standard InChI is InChI=1S/C24H27N5O3/c25-16-22(20-6-3-9-26-17-20)27-11-13-28(14-12-27)23(30)8-15-32-24(31)29-10-7-19-4-1-2-5-21(19)18-29/h1-6,9,17,22H,7-8,10-15,18H2. The summed E-state index contributed by atoms with van der Waals surface area (Å²) < 4.78 is 5.37. The SMILES string of the molecule is N#CC(c1cccnc1)N1CCN(C(=O)CCOC(=O)N2CCc3ccccc3C2)CC1. The molecule has 3 heterocycles. The molecule has 1 aromatic heterocycles. The van der Waals surface area contributed by atoms with Gasteiger partial charge in [0, 0.05) is 57.2 Å². The van der Waals surface area contributed by atoms with E-state index in [9.17, 15) is 14.9 Å². The number of benzene rings is 1. The van der Waals surface area contributed by atoms with Crippen LogP contribution in [0.5, 0.6) is 0 Å². The first-order valence-electron chi connectivity index (χ1n) is 11.0. The van der Waals surface area contributed by atoms with Crippen molar-refractivity contribution in [3.63, 3.8) is 0 Å². The van der Waals surface area contributed by atoms with E-state index in [-0.39, 0.29) is 31.1 Å². The molecular weight excluding hydrogens is 406 g/mol. The summed E-state index contributed by atoms with van der Waals surface area (Å²) in [5.74, 6) is -0.0312. The van der Waals surface area contributed by atoms with Crippen LogP contribution in [0.4, 0.5) is 4.79 Å². The van der Waals surface area contributed by atoms with Gasteiger partial charge in [-0.3, -0.25) is 14.7 Å². The molecule has 4 rings (SSSR count). The maximum absolute atomic E-state index is 12.6. The molecule has 0 aliphatic carbocycles. The molecule has 2 amide bonds. The van der Waals surface area contributed by atoms with Crippen molar-refractivity contribution in [3.8, 4) is 6.07 Å². The predicted octanol–water partition coefficient (Wildman–Crippen LogP) is 2.38. The van der Waals surface area contributed by atoms with E-state index in [4.69, 9.17) is 4.74 Å². The number of ether oxygens (including phenoxy) is 1. The maximum atomic E-state index is 12.6. The largest absolute Gasteiger partial charge is 0.449 e. The number of amides is 2. The smallest absolute Gasteiger partial charge is 0.410 e. The van der Waals surface area contributed by atoms with Gasteiger partial charge in [0.1, 0.15) is 12.6 Å². The van der Waals surface area contributed by atoms with Crippen LogP contribution in [0.1, 0.15) is 29.2 Å². The number of rotatable bonds is 5. The van der Waals surface area contributed by atoms with Crippen molar-refractivity contribution in [3.05, 3.63) is 65.5 Å². The van der Waals surface area contributed by atoms with Gasteiger partial charge >= 0.3 is 6.09 Å². The molecule has 2 aliphatic rings. The fourth-order valence-corrected chi connectivity index (χ4v) is 4.26. The highest BCUT2D eigenvalue weighted by atomic mass is 16.6. The third-order valence-corrected chi connectivity index (χ3v) is 6.08. The van der Waals surface area contributed by atoms with Gasteiger partial charge in [0.15, 0.2) is 0 Å². The van der Waals surface area contributed by atoms with Crippen LogP contribution in [-0.2, 0) is 22.5 Å². The summed E-state index contributed by atoms with van der Waals surface area (Å²) in [7, 11) is 0. The summed E-state index contributed by atoms with van der Waals surface area (Å²) in [6.45, 7) is 3.58. The third kappa shape index (κ3) is 5.06. The average molecular weight is 434 g/mol. The Labute approximate surface area is 188 Å². The van der Waals surface area contributed by atoms with E-state index in [1.807, 2.05) is 30.3 Å². The summed E-state index contributed by atoms with van der Waals surface area (Å²) in [6.07, 6.45) is 4.01. The highest BCUT2D eigenvalue weighted by molar-refractivity contribution is 5.77. The molecule has 1 saturated heterocycles. The zero-order valence-electron chi connectivity index (χ0n) is 18.0. The number of carbonyl (C=O) groups excluding carboxylic acids is 2. The number of pyridine rings is 1. The molecule has 0 spiro atoms. The molecule has 1 fully saturated rings. The number of piperazine rings is 1. The molecule has 0 N–H and O–H groups in total. The lowest BCUT2D eigenvalue weighted by molar-refractivity contribution is -0.133.